The van der Waals surface area contributed by atoms with Crippen LogP contribution in [-0.2, 0) is 14.4 Å². The van der Waals surface area contributed by atoms with Crippen LogP contribution in [-0.4, -0.2) is 50.1 Å². The van der Waals surface area contributed by atoms with Crippen molar-refractivity contribution in [3.63, 3.8) is 0 Å². The van der Waals surface area contributed by atoms with Gasteiger partial charge in [-0.1, -0.05) is 0 Å². The van der Waals surface area contributed by atoms with Crippen molar-refractivity contribution in [2.45, 2.75) is 18.9 Å². The van der Waals surface area contributed by atoms with Crippen molar-refractivity contribution < 1.29 is 14.4 Å². The molecule has 14 heavy (non-hydrogen) atoms. The number of carbonyl (C=O) groups excluding carboxylic acids is 3. The lowest BCUT2D eigenvalue weighted by molar-refractivity contribution is -0.115. The Labute approximate surface area is 83.5 Å². The second-order valence-corrected chi connectivity index (χ2v) is 3.10. The number of nitrogens with one attached hydrogen (secondary N) is 1. The third kappa shape index (κ3) is 6.30. The van der Waals surface area contributed by atoms with Crippen LogP contribution in [0.25, 0.3) is 0 Å². The fourth-order valence-electron chi connectivity index (χ4n) is 1.08. The fourth-order valence-corrected chi connectivity index (χ4v) is 1.08. The van der Waals surface area contributed by atoms with Crippen molar-refractivity contribution in [2.24, 2.45) is 0 Å². The van der Waals surface area contributed by atoms with E-state index in [0.717, 1.165) is 19.3 Å². The zero-order valence-corrected chi connectivity index (χ0v) is 8.31. The normalized spacial score (nSPS) is 12.1. The smallest absolute Gasteiger partial charge is 0.207 e. The first-order chi connectivity index (χ1) is 6.74. The molecule has 5 nitrogen and oxygen atoms in total. The molecule has 0 aromatic carbocycles. The third-order valence-electron chi connectivity index (χ3n) is 1.89. The zero-order valence-electron chi connectivity index (χ0n) is 8.31. The van der Waals surface area contributed by atoms with Gasteiger partial charge in [0.25, 0.3) is 0 Å². The van der Waals surface area contributed by atoms with Gasteiger partial charge < -0.3 is 14.9 Å². The lowest BCUT2D eigenvalue weighted by atomic mass is 10.2. The molecule has 0 rings (SSSR count). The first-order valence-electron chi connectivity index (χ1n) is 4.51. The zero-order chi connectivity index (χ0) is 10.8. The average molecular weight is 200 g/mol. The van der Waals surface area contributed by atoms with Crippen LogP contribution in [0.1, 0.15) is 12.8 Å². The van der Waals surface area contributed by atoms with Crippen LogP contribution in [0.5, 0.6) is 0 Å². The summed E-state index contributed by atoms with van der Waals surface area (Å²) in [6.45, 7) is 1.14. The first-order valence-corrected chi connectivity index (χ1v) is 4.51. The highest BCUT2D eigenvalue weighted by molar-refractivity contribution is 5.63. The number of nitrogens with zero attached hydrogens (tertiary/aromatic N) is 1. The maximum absolute atomic E-state index is 10.4. The molecular formula is C9H16N2O3. The highest BCUT2D eigenvalue weighted by Gasteiger charge is 2.05. The number of carbonyl (C=O) groups is 3. The van der Waals surface area contributed by atoms with Crippen LogP contribution in [0.4, 0.5) is 0 Å². The van der Waals surface area contributed by atoms with Gasteiger partial charge >= 0.3 is 0 Å². The lowest BCUT2D eigenvalue weighted by Crippen LogP contribution is -2.30. The number of rotatable bonds is 9. The molecule has 1 atom stereocenters. The van der Waals surface area contributed by atoms with Crippen LogP contribution in [0.3, 0.4) is 0 Å². The van der Waals surface area contributed by atoms with Crippen molar-refractivity contribution in [2.75, 3.05) is 20.1 Å². The molecule has 0 radical (unpaired) electrons. The minimum Gasteiger partial charge on any atom is -0.349 e. The Kier molecular flexibility index (Phi) is 7.64. The molecule has 0 spiro atoms. The first kappa shape index (κ1) is 12.8. The summed E-state index contributed by atoms with van der Waals surface area (Å²) < 4.78 is 0. The maximum atomic E-state index is 10.4. The standard InChI is InChI=1S/C9H16N2O3/c1-11(5-6-12)4-2-3-9(7-13)10-8-14/h6-9H,2-5H2,1H3,(H,10,14)/t9-/m0/s1. The molecule has 0 unspecified atom stereocenters. The van der Waals surface area contributed by atoms with E-state index in [1.165, 1.54) is 0 Å². The van der Waals surface area contributed by atoms with Crippen LogP contribution in [0, 0.1) is 0 Å². The van der Waals surface area contributed by atoms with Crippen molar-refractivity contribution >= 4 is 19.0 Å². The van der Waals surface area contributed by atoms with Crippen LogP contribution in [0.2, 0.25) is 0 Å². The van der Waals surface area contributed by atoms with E-state index in [9.17, 15) is 14.4 Å². The van der Waals surface area contributed by atoms with Crippen LogP contribution < -0.4 is 5.32 Å². The molecule has 0 aromatic heterocycles. The summed E-state index contributed by atoms with van der Waals surface area (Å²) >= 11 is 0. The quantitative estimate of drug-likeness (QED) is 0.495. The molecule has 1 amide bonds. The molecule has 0 saturated carbocycles. The maximum Gasteiger partial charge on any atom is 0.207 e. The number of hydrogen-bond acceptors (Lipinski definition) is 4. The fraction of sp³-hybridized carbons (Fsp3) is 0.667. The lowest BCUT2D eigenvalue weighted by Gasteiger charge is -2.14. The monoisotopic (exact) mass is 200 g/mol. The molecule has 0 aliphatic carbocycles. The topological polar surface area (TPSA) is 66.5 Å². The minimum absolute atomic E-state index is 0.396. The van der Waals surface area contributed by atoms with Gasteiger partial charge in [-0.2, -0.15) is 0 Å². The molecule has 0 heterocycles. The van der Waals surface area contributed by atoms with E-state index < -0.39 is 6.04 Å². The van der Waals surface area contributed by atoms with Gasteiger partial charge in [-0.15, -0.1) is 0 Å². The highest BCUT2D eigenvalue weighted by Crippen LogP contribution is 1.95. The predicted molar refractivity (Wildman–Crippen MR) is 51.8 cm³/mol. The Bertz CT molecular complexity index is 185. The van der Waals surface area contributed by atoms with Gasteiger partial charge in [-0.3, -0.25) is 9.69 Å². The summed E-state index contributed by atoms with van der Waals surface area (Å²) in [6, 6.07) is -0.405. The SMILES string of the molecule is CN(CC=O)CCC[C@@H](C=O)NC=O. The van der Waals surface area contributed by atoms with E-state index in [-0.39, 0.29) is 0 Å². The molecule has 0 bridgehead atoms. The van der Waals surface area contributed by atoms with E-state index in [1.54, 1.807) is 0 Å². The molecule has 0 aliphatic heterocycles. The van der Waals surface area contributed by atoms with Crippen molar-refractivity contribution in [3.8, 4) is 0 Å². The van der Waals surface area contributed by atoms with Crippen molar-refractivity contribution in [3.05, 3.63) is 0 Å². The van der Waals surface area contributed by atoms with Crippen molar-refractivity contribution in [1.29, 1.82) is 0 Å². The van der Waals surface area contributed by atoms with Gasteiger partial charge in [0.05, 0.1) is 12.6 Å². The third-order valence-corrected chi connectivity index (χ3v) is 1.89. The Morgan fingerprint density at radius 2 is 2.07 bits per heavy atom. The van der Waals surface area contributed by atoms with E-state index in [0.29, 0.717) is 25.7 Å². The summed E-state index contributed by atoms with van der Waals surface area (Å²) in [5.74, 6) is 0. The Hall–Kier alpha value is -1.23. The Morgan fingerprint density at radius 1 is 1.36 bits per heavy atom. The van der Waals surface area contributed by atoms with Gasteiger partial charge in [0, 0.05) is 0 Å². The molecule has 80 valence electrons. The summed E-state index contributed by atoms with van der Waals surface area (Å²) in [7, 11) is 1.83. The number of hydrogen-bond donors (Lipinski definition) is 1. The Balaban J connectivity index is 3.54. The van der Waals surface area contributed by atoms with Gasteiger partial charge in [-0.25, -0.2) is 0 Å². The minimum atomic E-state index is -0.405. The molecular weight excluding hydrogens is 184 g/mol. The predicted octanol–water partition coefficient (Wildman–Crippen LogP) is -0.789. The summed E-state index contributed by atoms with van der Waals surface area (Å²) in [4.78, 5) is 32.4. The number of likely N-dealkylation sites (N-methyl/N-ethyl adjacent to an activating group) is 1. The molecule has 0 aromatic rings. The second kappa shape index (κ2) is 8.37. The van der Waals surface area contributed by atoms with E-state index in [1.807, 2.05) is 11.9 Å². The van der Waals surface area contributed by atoms with Crippen LogP contribution >= 0.6 is 0 Å². The molecule has 0 fully saturated rings. The molecule has 1 N–H and O–H groups in total. The number of amides is 1. The van der Waals surface area contributed by atoms with E-state index >= 15 is 0 Å². The summed E-state index contributed by atoms with van der Waals surface area (Å²) in [5, 5.41) is 2.40. The van der Waals surface area contributed by atoms with Gasteiger partial charge in [0.15, 0.2) is 0 Å². The molecule has 0 aliphatic rings. The summed E-state index contributed by atoms with van der Waals surface area (Å²) in [5.41, 5.74) is 0. The number of aldehydes is 2. The average Bonchev–Trinajstić information content (AvgIpc) is 2.17. The van der Waals surface area contributed by atoms with Crippen molar-refractivity contribution in [1.82, 2.24) is 10.2 Å². The second-order valence-electron chi connectivity index (χ2n) is 3.10. The van der Waals surface area contributed by atoms with Gasteiger partial charge in [-0.05, 0) is 26.4 Å². The van der Waals surface area contributed by atoms with E-state index in [4.69, 9.17) is 0 Å². The van der Waals surface area contributed by atoms with E-state index in [2.05, 4.69) is 5.32 Å². The van der Waals surface area contributed by atoms with Gasteiger partial charge in [0.2, 0.25) is 6.41 Å². The van der Waals surface area contributed by atoms with Crippen LogP contribution in [0.15, 0.2) is 0 Å². The Morgan fingerprint density at radius 3 is 2.57 bits per heavy atom. The van der Waals surface area contributed by atoms with Gasteiger partial charge in [0.1, 0.15) is 12.6 Å². The highest BCUT2D eigenvalue weighted by atomic mass is 16.1. The summed E-state index contributed by atoms with van der Waals surface area (Å²) in [6.07, 6.45) is 3.45. The largest absolute Gasteiger partial charge is 0.349 e. The molecule has 0 saturated heterocycles. The molecule has 5 heteroatoms.